The van der Waals surface area contributed by atoms with Crippen molar-refractivity contribution in [3.05, 3.63) is 12.2 Å². The highest BCUT2D eigenvalue weighted by atomic mass is 14.9. The molecule has 0 aliphatic carbocycles. The molecule has 78 valence electrons. The largest absolute Gasteiger partial charge is 0.316 e. The van der Waals surface area contributed by atoms with Gasteiger partial charge in [-0.15, -0.1) is 0 Å². The van der Waals surface area contributed by atoms with Crippen molar-refractivity contribution >= 4 is 0 Å². The van der Waals surface area contributed by atoms with Gasteiger partial charge in [0.15, 0.2) is 0 Å². The molecule has 0 aromatic rings. The first kappa shape index (κ1) is 12.7. The van der Waals surface area contributed by atoms with Gasteiger partial charge in [-0.3, -0.25) is 0 Å². The van der Waals surface area contributed by atoms with Gasteiger partial charge in [-0.25, -0.2) is 0 Å². The van der Waals surface area contributed by atoms with Crippen LogP contribution in [0.2, 0.25) is 0 Å². The minimum Gasteiger partial charge on any atom is -0.316 e. The van der Waals surface area contributed by atoms with Gasteiger partial charge in [-0.05, 0) is 31.7 Å². The summed E-state index contributed by atoms with van der Waals surface area (Å²) < 4.78 is 0. The van der Waals surface area contributed by atoms with Crippen LogP contribution in [0.1, 0.15) is 40.5 Å². The van der Waals surface area contributed by atoms with Gasteiger partial charge >= 0.3 is 0 Å². The maximum Gasteiger partial charge on any atom is 0.0129 e. The smallest absolute Gasteiger partial charge is 0.0129 e. The van der Waals surface area contributed by atoms with Crippen molar-refractivity contribution in [2.45, 2.75) is 46.6 Å². The molecular formula is C12H25N. The third-order valence-corrected chi connectivity index (χ3v) is 3.07. The van der Waals surface area contributed by atoms with Gasteiger partial charge < -0.3 is 5.32 Å². The number of hydrogen-bond acceptors (Lipinski definition) is 1. The zero-order valence-electron chi connectivity index (χ0n) is 9.85. The van der Waals surface area contributed by atoms with Crippen LogP contribution in [0.3, 0.4) is 0 Å². The lowest BCUT2D eigenvalue weighted by molar-refractivity contribution is 0.308. The lowest BCUT2D eigenvalue weighted by Crippen LogP contribution is -2.35. The van der Waals surface area contributed by atoms with Crippen molar-refractivity contribution in [1.82, 2.24) is 5.32 Å². The highest BCUT2D eigenvalue weighted by molar-refractivity contribution is 4.97. The van der Waals surface area contributed by atoms with Crippen LogP contribution < -0.4 is 5.32 Å². The minimum absolute atomic E-state index is 0.590. The predicted octanol–water partition coefficient (Wildman–Crippen LogP) is 3.22. The summed E-state index contributed by atoms with van der Waals surface area (Å²) in [6.45, 7) is 13.1. The Kier molecular flexibility index (Phi) is 6.06. The molecule has 0 saturated carbocycles. The van der Waals surface area contributed by atoms with Crippen molar-refractivity contribution in [3.8, 4) is 0 Å². The highest BCUT2D eigenvalue weighted by Gasteiger charge is 2.18. The predicted molar refractivity (Wildman–Crippen MR) is 60.9 cm³/mol. The molecule has 0 aromatic carbocycles. The molecule has 0 saturated heterocycles. The molecule has 0 amide bonds. The Balaban J connectivity index is 4.09. The third kappa shape index (κ3) is 4.47. The van der Waals surface area contributed by atoms with E-state index in [0.717, 1.165) is 18.8 Å². The van der Waals surface area contributed by atoms with E-state index in [0.29, 0.717) is 12.0 Å². The molecule has 0 radical (unpaired) electrons. The number of nitrogens with one attached hydrogen (secondary N) is 1. The third-order valence-electron chi connectivity index (χ3n) is 3.07. The molecule has 0 bridgehead atoms. The first-order valence-corrected chi connectivity index (χ1v) is 5.36. The van der Waals surface area contributed by atoms with E-state index in [9.17, 15) is 0 Å². The summed E-state index contributed by atoms with van der Waals surface area (Å²) in [5.74, 6) is 1.45. The fourth-order valence-corrected chi connectivity index (χ4v) is 1.47. The monoisotopic (exact) mass is 183 g/mol. The lowest BCUT2D eigenvalue weighted by Gasteiger charge is -2.27. The van der Waals surface area contributed by atoms with Crippen LogP contribution in [0.15, 0.2) is 12.2 Å². The van der Waals surface area contributed by atoms with E-state index < -0.39 is 0 Å². The Morgan fingerprint density at radius 3 is 2.15 bits per heavy atom. The molecule has 0 aliphatic heterocycles. The summed E-state index contributed by atoms with van der Waals surface area (Å²) in [7, 11) is 2.05. The molecule has 1 nitrogen and oxygen atoms in total. The summed E-state index contributed by atoms with van der Waals surface area (Å²) >= 11 is 0. The average Bonchev–Trinajstić information content (AvgIpc) is 2.12. The second-order valence-corrected chi connectivity index (χ2v) is 4.31. The second kappa shape index (κ2) is 6.20. The molecule has 0 aromatic heterocycles. The van der Waals surface area contributed by atoms with Crippen LogP contribution in [0.25, 0.3) is 0 Å². The van der Waals surface area contributed by atoms with E-state index >= 15 is 0 Å². The summed E-state index contributed by atoms with van der Waals surface area (Å²) in [4.78, 5) is 0. The van der Waals surface area contributed by atoms with Gasteiger partial charge in [0.2, 0.25) is 0 Å². The van der Waals surface area contributed by atoms with E-state index in [1.807, 2.05) is 7.05 Å². The van der Waals surface area contributed by atoms with Crippen LogP contribution in [-0.2, 0) is 0 Å². The first-order valence-electron chi connectivity index (χ1n) is 5.36. The Bertz CT molecular complexity index is 149. The molecule has 0 heterocycles. The van der Waals surface area contributed by atoms with Crippen molar-refractivity contribution < 1.29 is 0 Å². The first-order chi connectivity index (χ1) is 6.02. The molecule has 2 atom stereocenters. The zero-order chi connectivity index (χ0) is 10.4. The highest BCUT2D eigenvalue weighted by Crippen LogP contribution is 2.20. The van der Waals surface area contributed by atoms with E-state index in [4.69, 9.17) is 0 Å². The van der Waals surface area contributed by atoms with Crippen molar-refractivity contribution in [1.29, 1.82) is 0 Å². The van der Waals surface area contributed by atoms with Crippen LogP contribution in [0.4, 0.5) is 0 Å². The van der Waals surface area contributed by atoms with Gasteiger partial charge in [-0.2, -0.15) is 0 Å². The topological polar surface area (TPSA) is 12.0 Å². The zero-order valence-corrected chi connectivity index (χ0v) is 9.85. The maximum atomic E-state index is 4.06. The Morgan fingerprint density at radius 1 is 1.31 bits per heavy atom. The molecule has 0 spiro atoms. The standard InChI is InChI=1S/C12H25N/c1-7-10(4)8-12(13-6)11(5)9(2)3/h9,11-13H,4,7-8H2,1-3,5-6H3. The second-order valence-electron chi connectivity index (χ2n) is 4.31. The molecule has 0 rings (SSSR count). The van der Waals surface area contributed by atoms with Gasteiger partial charge in [-0.1, -0.05) is 39.8 Å². The average molecular weight is 183 g/mol. The number of rotatable bonds is 6. The molecular weight excluding hydrogens is 158 g/mol. The van der Waals surface area contributed by atoms with Crippen LogP contribution >= 0.6 is 0 Å². The van der Waals surface area contributed by atoms with Gasteiger partial charge in [0, 0.05) is 6.04 Å². The normalized spacial score (nSPS) is 15.8. The van der Waals surface area contributed by atoms with E-state index in [1.165, 1.54) is 5.57 Å². The van der Waals surface area contributed by atoms with E-state index in [2.05, 4.69) is 39.6 Å². The van der Waals surface area contributed by atoms with E-state index in [-0.39, 0.29) is 0 Å². The SMILES string of the molecule is C=C(CC)CC(NC)C(C)C(C)C. The molecule has 1 heteroatoms. The Labute approximate surface area is 83.6 Å². The summed E-state index contributed by atoms with van der Waals surface area (Å²) in [5, 5.41) is 3.39. The molecule has 0 fully saturated rings. The molecule has 1 N–H and O–H groups in total. The molecule has 0 aliphatic rings. The minimum atomic E-state index is 0.590. The number of hydrogen-bond donors (Lipinski definition) is 1. The summed E-state index contributed by atoms with van der Waals surface area (Å²) in [6, 6.07) is 0.590. The van der Waals surface area contributed by atoms with Crippen LogP contribution in [0.5, 0.6) is 0 Å². The van der Waals surface area contributed by atoms with Crippen LogP contribution in [0, 0.1) is 11.8 Å². The quantitative estimate of drug-likeness (QED) is 0.623. The van der Waals surface area contributed by atoms with Gasteiger partial charge in [0.25, 0.3) is 0 Å². The Hall–Kier alpha value is -0.300. The van der Waals surface area contributed by atoms with E-state index in [1.54, 1.807) is 0 Å². The van der Waals surface area contributed by atoms with Crippen molar-refractivity contribution in [2.24, 2.45) is 11.8 Å². The maximum absolute atomic E-state index is 4.06. The van der Waals surface area contributed by atoms with Crippen molar-refractivity contribution in [3.63, 3.8) is 0 Å². The summed E-state index contributed by atoms with van der Waals surface area (Å²) in [6.07, 6.45) is 2.22. The lowest BCUT2D eigenvalue weighted by atomic mass is 9.86. The fraction of sp³-hybridized carbons (Fsp3) is 0.833. The van der Waals surface area contributed by atoms with Gasteiger partial charge in [0.1, 0.15) is 0 Å². The van der Waals surface area contributed by atoms with Crippen LogP contribution in [-0.4, -0.2) is 13.1 Å². The fourth-order valence-electron chi connectivity index (χ4n) is 1.47. The molecule has 13 heavy (non-hydrogen) atoms. The Morgan fingerprint density at radius 2 is 1.85 bits per heavy atom. The van der Waals surface area contributed by atoms with Gasteiger partial charge in [0.05, 0.1) is 0 Å². The van der Waals surface area contributed by atoms with Crippen molar-refractivity contribution in [2.75, 3.05) is 7.05 Å². The summed E-state index contributed by atoms with van der Waals surface area (Å²) in [5.41, 5.74) is 1.35. The molecule has 2 unspecified atom stereocenters.